The van der Waals surface area contributed by atoms with Crippen LogP contribution in [0.25, 0.3) is 22.4 Å². The number of aryl methyl sites for hydroxylation is 2. The van der Waals surface area contributed by atoms with Crippen molar-refractivity contribution < 1.29 is 25.2 Å². The molecule has 28 heavy (non-hydrogen) atoms. The van der Waals surface area contributed by atoms with E-state index >= 15 is 0 Å². The van der Waals surface area contributed by atoms with Gasteiger partial charge in [0.15, 0.2) is 0 Å². The molecular weight excluding hydrogens is 522 g/mol. The number of hydrogen-bond acceptors (Lipinski definition) is 2. The molecule has 3 rings (SSSR count). The van der Waals surface area contributed by atoms with E-state index < -0.39 is 0 Å². The second kappa shape index (κ2) is 11.4. The number of allylic oxidation sites excluding steroid dienone is 3. The van der Waals surface area contributed by atoms with Crippen molar-refractivity contribution in [3.63, 3.8) is 0 Å². The van der Waals surface area contributed by atoms with Crippen LogP contribution in [0.3, 0.4) is 0 Å². The van der Waals surface area contributed by atoms with E-state index in [9.17, 15) is 0 Å². The van der Waals surface area contributed by atoms with Gasteiger partial charge in [-0.25, -0.2) is 5.57 Å². The maximum absolute atomic E-state index is 8.48. The number of aliphatic hydroxyl groups excluding tert-OH is 1. The number of benzene rings is 2. The van der Waals surface area contributed by atoms with E-state index in [1.165, 1.54) is 22.8 Å². The fourth-order valence-electron chi connectivity index (χ4n) is 2.70. The van der Waals surface area contributed by atoms with Crippen LogP contribution in [-0.4, -0.2) is 10.1 Å². The molecule has 0 bridgehead atoms. The van der Waals surface area contributed by atoms with E-state index in [0.717, 1.165) is 16.8 Å². The first-order chi connectivity index (χ1) is 12.9. The Bertz CT molecular complexity index is 925. The van der Waals surface area contributed by atoms with Crippen molar-refractivity contribution in [3.8, 4) is 22.4 Å². The fraction of sp³-hybridized carbons (Fsp3) is 0.160. The van der Waals surface area contributed by atoms with Gasteiger partial charge in [0, 0.05) is 32.1 Å². The van der Waals surface area contributed by atoms with Crippen molar-refractivity contribution in [2.24, 2.45) is 0 Å². The molecule has 0 saturated carbocycles. The Morgan fingerprint density at radius 3 is 2.18 bits per heavy atom. The first-order valence-electron chi connectivity index (χ1n) is 8.84. The summed E-state index contributed by atoms with van der Waals surface area (Å²) >= 11 is 0. The minimum absolute atomic E-state index is 0. The van der Waals surface area contributed by atoms with Crippen molar-refractivity contribution in [2.45, 2.75) is 27.7 Å². The Labute approximate surface area is 182 Å². The van der Waals surface area contributed by atoms with Crippen molar-refractivity contribution >= 4 is 0 Å². The van der Waals surface area contributed by atoms with Gasteiger partial charge in [-0.05, 0) is 23.7 Å². The summed E-state index contributed by atoms with van der Waals surface area (Å²) < 4.78 is 0. The van der Waals surface area contributed by atoms with Crippen LogP contribution in [0.4, 0.5) is 0 Å². The van der Waals surface area contributed by atoms with E-state index in [1.807, 2.05) is 30.5 Å². The smallest absolute Gasteiger partial charge is 0.0239 e. The first kappa shape index (κ1) is 23.6. The number of aliphatic hydroxyl groups is 1. The Morgan fingerprint density at radius 2 is 1.71 bits per heavy atom. The Morgan fingerprint density at radius 1 is 1.04 bits per heavy atom. The van der Waals surface area contributed by atoms with Gasteiger partial charge in [0.05, 0.1) is 0 Å². The van der Waals surface area contributed by atoms with Gasteiger partial charge in [-0.3, -0.25) is 6.58 Å². The molecule has 0 aliphatic rings. The van der Waals surface area contributed by atoms with Crippen LogP contribution in [0.1, 0.15) is 25.0 Å². The number of nitrogens with zero attached hydrogens (tertiary/aromatic N) is 1. The molecule has 1 heterocycles. The van der Waals surface area contributed by atoms with Crippen LogP contribution >= 0.6 is 0 Å². The molecule has 2 aromatic carbocycles. The molecule has 0 atom stereocenters. The Kier molecular flexibility index (Phi) is 9.58. The molecular formula is C25H25IrNO-2. The maximum atomic E-state index is 8.48. The monoisotopic (exact) mass is 548 g/mol. The molecule has 2 nitrogen and oxygen atoms in total. The predicted octanol–water partition coefficient (Wildman–Crippen LogP) is 6.66. The molecule has 0 aliphatic carbocycles. The third kappa shape index (κ3) is 7.26. The normalized spacial score (nSPS) is 10.4. The minimum atomic E-state index is 0. The standard InChI is InChI=1S/C19H16N.C6H9O.Ir/c1-14-8-10-18(15(2)12-14)19-11-9-17(13-20-19)16-6-4-3-5-7-16;1-5(2)4-6(3)7;/h3-9,11-13H,1-2H3;1,4,7H,2-3H3;/q2*-1;/b;6-4-;. The molecule has 1 N–H and O–H groups in total. The molecule has 0 unspecified atom stereocenters. The number of hydrogen-bond donors (Lipinski definition) is 1. The molecule has 0 amide bonds. The minimum Gasteiger partial charge on any atom is -0.531 e. The van der Waals surface area contributed by atoms with Crippen molar-refractivity contribution in [1.29, 1.82) is 0 Å². The first-order valence-corrected chi connectivity index (χ1v) is 8.84. The average molecular weight is 548 g/mol. The molecule has 3 heteroatoms. The fourth-order valence-corrected chi connectivity index (χ4v) is 2.70. The second-order valence-corrected chi connectivity index (χ2v) is 6.56. The third-order valence-electron chi connectivity index (χ3n) is 3.85. The van der Waals surface area contributed by atoms with Gasteiger partial charge in [-0.15, -0.1) is 34.9 Å². The molecule has 0 saturated heterocycles. The van der Waals surface area contributed by atoms with Gasteiger partial charge < -0.3 is 10.1 Å². The van der Waals surface area contributed by atoms with Crippen LogP contribution in [0.15, 0.2) is 78.2 Å². The van der Waals surface area contributed by atoms with Crippen LogP contribution < -0.4 is 0 Å². The zero-order chi connectivity index (χ0) is 19.8. The second-order valence-electron chi connectivity index (χ2n) is 6.56. The van der Waals surface area contributed by atoms with Gasteiger partial charge in [0.1, 0.15) is 0 Å². The molecule has 147 valence electrons. The average Bonchev–Trinajstić information content (AvgIpc) is 2.62. The third-order valence-corrected chi connectivity index (χ3v) is 3.85. The zero-order valence-electron chi connectivity index (χ0n) is 16.7. The van der Waals surface area contributed by atoms with Crippen LogP contribution in [0.2, 0.25) is 0 Å². The molecule has 1 radical (unpaired) electrons. The molecule has 1 aromatic heterocycles. The summed E-state index contributed by atoms with van der Waals surface area (Å²) in [4.78, 5) is 4.58. The summed E-state index contributed by atoms with van der Waals surface area (Å²) in [6, 6.07) is 22.0. The molecule has 0 aliphatic heterocycles. The van der Waals surface area contributed by atoms with Gasteiger partial charge >= 0.3 is 0 Å². The maximum Gasteiger partial charge on any atom is 0.0239 e. The van der Waals surface area contributed by atoms with E-state index in [1.54, 1.807) is 13.8 Å². The van der Waals surface area contributed by atoms with Gasteiger partial charge in [0.25, 0.3) is 0 Å². The summed E-state index contributed by atoms with van der Waals surface area (Å²) in [7, 11) is 0. The summed E-state index contributed by atoms with van der Waals surface area (Å²) in [5.74, 6) is 0.250. The van der Waals surface area contributed by atoms with Crippen molar-refractivity contribution in [2.75, 3.05) is 0 Å². The van der Waals surface area contributed by atoms with Gasteiger partial charge in [-0.1, -0.05) is 63.2 Å². The summed E-state index contributed by atoms with van der Waals surface area (Å²) in [5, 5.41) is 8.48. The predicted molar refractivity (Wildman–Crippen MR) is 113 cm³/mol. The quantitative estimate of drug-likeness (QED) is 0.226. The van der Waals surface area contributed by atoms with Crippen LogP contribution in [-0.2, 0) is 20.1 Å². The van der Waals surface area contributed by atoms with Crippen molar-refractivity contribution in [3.05, 3.63) is 102 Å². The number of pyridine rings is 1. The van der Waals surface area contributed by atoms with E-state index in [4.69, 9.17) is 11.7 Å². The van der Waals surface area contributed by atoms with Crippen molar-refractivity contribution in [1.82, 2.24) is 4.98 Å². The molecule has 0 fully saturated rings. The SMILES string of the molecule is Cc1c[c-]c(-c2ccc(-c3ccccc3)cn2)c(C)c1.[CH-]=C(C)/C=C(/C)O.[Ir]. The van der Waals surface area contributed by atoms with Crippen LogP contribution in [0.5, 0.6) is 0 Å². The van der Waals surface area contributed by atoms with E-state index in [-0.39, 0.29) is 25.9 Å². The van der Waals surface area contributed by atoms with E-state index in [2.05, 4.69) is 55.2 Å². The van der Waals surface area contributed by atoms with E-state index in [0.29, 0.717) is 5.57 Å². The zero-order valence-corrected chi connectivity index (χ0v) is 19.1. The Balaban J connectivity index is 0.000000425. The van der Waals surface area contributed by atoms with Gasteiger partial charge in [0.2, 0.25) is 0 Å². The summed E-state index contributed by atoms with van der Waals surface area (Å²) in [6.45, 7) is 12.7. The Hall–Kier alpha value is -2.48. The number of aromatic nitrogens is 1. The molecule has 0 spiro atoms. The number of rotatable bonds is 3. The van der Waals surface area contributed by atoms with Crippen LogP contribution in [0, 0.1) is 26.5 Å². The summed E-state index contributed by atoms with van der Waals surface area (Å²) in [6.07, 6.45) is 3.43. The molecule has 3 aromatic rings. The van der Waals surface area contributed by atoms with Gasteiger partial charge in [-0.2, -0.15) is 6.08 Å². The summed E-state index contributed by atoms with van der Waals surface area (Å²) in [5.41, 5.74) is 7.45. The topological polar surface area (TPSA) is 33.1 Å². The largest absolute Gasteiger partial charge is 0.531 e.